The van der Waals surface area contributed by atoms with E-state index in [9.17, 15) is 4.79 Å². The lowest BCUT2D eigenvalue weighted by Gasteiger charge is -2.11. The van der Waals surface area contributed by atoms with Gasteiger partial charge in [-0.05, 0) is 12.3 Å². The second kappa shape index (κ2) is 8.09. The fourth-order valence-corrected chi connectivity index (χ4v) is 1.56. The predicted octanol–water partition coefficient (Wildman–Crippen LogP) is 3.46. The Kier molecular flexibility index (Phi) is 7.76. The molecule has 0 bridgehead atoms. The minimum absolute atomic E-state index is 0.350. The summed E-state index contributed by atoms with van der Waals surface area (Å²) in [6.07, 6.45) is 7.41. The molecular formula is C11H22O2. The Morgan fingerprint density at radius 3 is 2.38 bits per heavy atom. The van der Waals surface area contributed by atoms with Gasteiger partial charge in [0.15, 0.2) is 0 Å². The zero-order valence-electron chi connectivity index (χ0n) is 8.88. The molecule has 13 heavy (non-hydrogen) atoms. The zero-order chi connectivity index (χ0) is 10.1. The highest BCUT2D eigenvalue weighted by molar-refractivity contribution is 5.66. The molecule has 0 saturated carbocycles. The molecule has 78 valence electrons. The first-order chi connectivity index (χ1) is 6.20. The summed E-state index contributed by atoms with van der Waals surface area (Å²) in [5.41, 5.74) is 0. The van der Waals surface area contributed by atoms with E-state index in [-0.39, 0.29) is 0 Å². The first kappa shape index (κ1) is 12.5. The lowest BCUT2D eigenvalue weighted by molar-refractivity contribution is -0.138. The fourth-order valence-electron chi connectivity index (χ4n) is 1.56. The monoisotopic (exact) mass is 186 g/mol. The van der Waals surface area contributed by atoms with Gasteiger partial charge in [0.2, 0.25) is 0 Å². The van der Waals surface area contributed by atoms with Gasteiger partial charge in [0.25, 0.3) is 0 Å². The molecule has 0 aromatic rings. The van der Waals surface area contributed by atoms with E-state index in [0.29, 0.717) is 12.3 Å². The zero-order valence-corrected chi connectivity index (χ0v) is 8.88. The largest absolute Gasteiger partial charge is 0.481 e. The lowest BCUT2D eigenvalue weighted by Crippen LogP contribution is -2.06. The maximum Gasteiger partial charge on any atom is 0.303 e. The normalized spacial score (nSPS) is 12.8. The standard InChI is InChI=1S/C11H22O2/c1-3-5-6-7-8-10(4-2)9-11(12)13/h10H,3-9H2,1-2H3,(H,12,13)/t10-/m0/s1. The molecule has 0 fully saturated rings. The van der Waals surface area contributed by atoms with Gasteiger partial charge in [0, 0.05) is 6.42 Å². The summed E-state index contributed by atoms with van der Waals surface area (Å²) in [6, 6.07) is 0. The molecule has 0 aliphatic carbocycles. The molecule has 0 heterocycles. The minimum atomic E-state index is -0.651. The maximum atomic E-state index is 10.5. The van der Waals surface area contributed by atoms with Crippen LogP contribution in [0.25, 0.3) is 0 Å². The maximum absolute atomic E-state index is 10.5. The molecule has 0 aromatic carbocycles. The van der Waals surface area contributed by atoms with Crippen molar-refractivity contribution in [1.82, 2.24) is 0 Å². The van der Waals surface area contributed by atoms with Crippen LogP contribution in [-0.4, -0.2) is 11.1 Å². The molecule has 0 amide bonds. The topological polar surface area (TPSA) is 37.3 Å². The molecule has 0 unspecified atom stereocenters. The van der Waals surface area contributed by atoms with Crippen molar-refractivity contribution >= 4 is 5.97 Å². The Morgan fingerprint density at radius 2 is 1.92 bits per heavy atom. The van der Waals surface area contributed by atoms with Crippen LogP contribution in [0, 0.1) is 5.92 Å². The van der Waals surface area contributed by atoms with Gasteiger partial charge in [0.05, 0.1) is 0 Å². The Bertz CT molecular complexity index is 132. The van der Waals surface area contributed by atoms with Crippen molar-refractivity contribution in [3.63, 3.8) is 0 Å². The van der Waals surface area contributed by atoms with E-state index in [4.69, 9.17) is 5.11 Å². The number of hydrogen-bond donors (Lipinski definition) is 1. The van der Waals surface area contributed by atoms with Crippen LogP contribution in [0.15, 0.2) is 0 Å². The van der Waals surface area contributed by atoms with E-state index < -0.39 is 5.97 Å². The second-order valence-corrected chi connectivity index (χ2v) is 3.72. The Balaban J connectivity index is 3.42. The summed E-state index contributed by atoms with van der Waals surface area (Å²) in [4.78, 5) is 10.5. The average Bonchev–Trinajstić information content (AvgIpc) is 2.09. The molecule has 0 aliphatic heterocycles. The second-order valence-electron chi connectivity index (χ2n) is 3.72. The SMILES string of the molecule is CCCCCC[C@H](CC)CC(=O)O. The van der Waals surface area contributed by atoms with E-state index in [0.717, 1.165) is 12.8 Å². The van der Waals surface area contributed by atoms with Crippen molar-refractivity contribution in [3.05, 3.63) is 0 Å². The highest BCUT2D eigenvalue weighted by atomic mass is 16.4. The van der Waals surface area contributed by atoms with E-state index in [1.807, 2.05) is 0 Å². The number of carboxylic acids is 1. The molecule has 1 atom stereocenters. The van der Waals surface area contributed by atoms with Crippen molar-refractivity contribution in [2.24, 2.45) is 5.92 Å². The van der Waals surface area contributed by atoms with E-state index in [1.54, 1.807) is 0 Å². The summed E-state index contributed by atoms with van der Waals surface area (Å²) in [5, 5.41) is 8.62. The van der Waals surface area contributed by atoms with Gasteiger partial charge in [-0.3, -0.25) is 4.79 Å². The summed E-state index contributed by atoms with van der Waals surface area (Å²) < 4.78 is 0. The fraction of sp³-hybridized carbons (Fsp3) is 0.909. The number of unbranched alkanes of at least 4 members (excludes halogenated alkanes) is 3. The van der Waals surface area contributed by atoms with Crippen LogP contribution in [0.5, 0.6) is 0 Å². The summed E-state index contributed by atoms with van der Waals surface area (Å²) in [5.74, 6) is -0.253. The van der Waals surface area contributed by atoms with Crippen LogP contribution < -0.4 is 0 Å². The van der Waals surface area contributed by atoms with Crippen molar-refractivity contribution in [1.29, 1.82) is 0 Å². The highest BCUT2D eigenvalue weighted by Crippen LogP contribution is 2.17. The number of rotatable bonds is 8. The van der Waals surface area contributed by atoms with Gasteiger partial charge in [-0.25, -0.2) is 0 Å². The van der Waals surface area contributed by atoms with Crippen molar-refractivity contribution in [2.45, 2.75) is 58.8 Å². The van der Waals surface area contributed by atoms with Crippen LogP contribution >= 0.6 is 0 Å². The minimum Gasteiger partial charge on any atom is -0.481 e. The van der Waals surface area contributed by atoms with Gasteiger partial charge in [0.1, 0.15) is 0 Å². The van der Waals surface area contributed by atoms with Crippen LogP contribution in [0.2, 0.25) is 0 Å². The van der Waals surface area contributed by atoms with Crippen LogP contribution in [0.3, 0.4) is 0 Å². The third-order valence-electron chi connectivity index (χ3n) is 2.51. The Morgan fingerprint density at radius 1 is 1.23 bits per heavy atom. The number of carboxylic acid groups (broad SMARTS) is 1. The quantitative estimate of drug-likeness (QED) is 0.589. The summed E-state index contributed by atoms with van der Waals surface area (Å²) >= 11 is 0. The smallest absolute Gasteiger partial charge is 0.303 e. The van der Waals surface area contributed by atoms with Gasteiger partial charge < -0.3 is 5.11 Å². The molecular weight excluding hydrogens is 164 g/mol. The number of carbonyl (C=O) groups is 1. The van der Waals surface area contributed by atoms with Crippen LogP contribution in [0.4, 0.5) is 0 Å². The van der Waals surface area contributed by atoms with E-state index in [1.165, 1.54) is 25.7 Å². The third kappa shape index (κ3) is 7.82. The van der Waals surface area contributed by atoms with Gasteiger partial charge in [-0.15, -0.1) is 0 Å². The molecule has 0 aromatic heterocycles. The number of aliphatic carboxylic acids is 1. The molecule has 2 nitrogen and oxygen atoms in total. The molecule has 1 N–H and O–H groups in total. The molecule has 0 radical (unpaired) electrons. The Labute approximate surface area is 81.3 Å². The van der Waals surface area contributed by atoms with Crippen molar-refractivity contribution < 1.29 is 9.90 Å². The average molecular weight is 186 g/mol. The van der Waals surface area contributed by atoms with Crippen LogP contribution in [-0.2, 0) is 4.79 Å². The van der Waals surface area contributed by atoms with Crippen molar-refractivity contribution in [2.75, 3.05) is 0 Å². The predicted molar refractivity (Wildman–Crippen MR) is 54.8 cm³/mol. The Hall–Kier alpha value is -0.530. The van der Waals surface area contributed by atoms with E-state index >= 15 is 0 Å². The first-order valence-corrected chi connectivity index (χ1v) is 5.42. The van der Waals surface area contributed by atoms with Gasteiger partial charge in [-0.1, -0.05) is 46.0 Å². The first-order valence-electron chi connectivity index (χ1n) is 5.42. The molecule has 0 rings (SSSR count). The molecule has 0 spiro atoms. The lowest BCUT2D eigenvalue weighted by atomic mass is 9.95. The summed E-state index contributed by atoms with van der Waals surface area (Å²) in [7, 11) is 0. The summed E-state index contributed by atoms with van der Waals surface area (Å²) in [6.45, 7) is 4.27. The molecule has 0 saturated heterocycles. The van der Waals surface area contributed by atoms with Gasteiger partial charge >= 0.3 is 5.97 Å². The van der Waals surface area contributed by atoms with E-state index in [2.05, 4.69) is 13.8 Å². The number of hydrogen-bond acceptors (Lipinski definition) is 1. The van der Waals surface area contributed by atoms with Gasteiger partial charge in [-0.2, -0.15) is 0 Å². The third-order valence-corrected chi connectivity index (χ3v) is 2.51. The molecule has 2 heteroatoms. The highest BCUT2D eigenvalue weighted by Gasteiger charge is 2.09. The van der Waals surface area contributed by atoms with Crippen LogP contribution in [0.1, 0.15) is 58.8 Å². The molecule has 0 aliphatic rings. The van der Waals surface area contributed by atoms with Crippen molar-refractivity contribution in [3.8, 4) is 0 Å².